The van der Waals surface area contributed by atoms with Crippen LogP contribution in [0, 0.1) is 5.41 Å². The van der Waals surface area contributed by atoms with Crippen LogP contribution in [-0.2, 0) is 15.7 Å². The van der Waals surface area contributed by atoms with E-state index < -0.39 is 16.6 Å². The highest BCUT2D eigenvalue weighted by Gasteiger charge is 2.41. The minimum Gasteiger partial charge on any atom is -0.384 e. The van der Waals surface area contributed by atoms with Crippen molar-refractivity contribution in [2.24, 2.45) is 5.41 Å². The summed E-state index contributed by atoms with van der Waals surface area (Å²) in [5.41, 5.74) is -0.746. The van der Waals surface area contributed by atoms with E-state index in [2.05, 4.69) is 20.8 Å². The quantitative estimate of drug-likeness (QED) is 0.858. The normalized spacial score (nSPS) is 17.6. The fourth-order valence-electron chi connectivity index (χ4n) is 2.24. The molecule has 1 fully saturated rings. The molecule has 0 atom stereocenters. The van der Waals surface area contributed by atoms with E-state index in [0.717, 1.165) is 0 Å². The Morgan fingerprint density at radius 3 is 2.55 bits per heavy atom. The Labute approximate surface area is 135 Å². The van der Waals surface area contributed by atoms with Gasteiger partial charge in [-0.15, -0.1) is 22.6 Å². The SMILES string of the molecule is COCC1(C(=O)Nc2nnc(C(F)(F)F)s2)CCNCC1.Cl. The van der Waals surface area contributed by atoms with Crippen LogP contribution in [0.15, 0.2) is 0 Å². The monoisotopic (exact) mass is 360 g/mol. The van der Waals surface area contributed by atoms with E-state index in [-0.39, 0.29) is 30.1 Å². The number of aromatic nitrogens is 2. The predicted octanol–water partition coefficient (Wildman–Crippen LogP) is 1.93. The average Bonchev–Trinajstić information content (AvgIpc) is 2.88. The van der Waals surface area contributed by atoms with Gasteiger partial charge in [0.25, 0.3) is 0 Å². The summed E-state index contributed by atoms with van der Waals surface area (Å²) in [5, 5.41) is 10.7. The van der Waals surface area contributed by atoms with Crippen LogP contribution in [0.4, 0.5) is 18.3 Å². The Bertz CT molecular complexity index is 500. The zero-order valence-corrected chi connectivity index (χ0v) is 13.3. The Kier molecular flexibility index (Phi) is 6.53. The summed E-state index contributed by atoms with van der Waals surface area (Å²) in [5.74, 6) is -0.379. The number of nitrogens with one attached hydrogen (secondary N) is 2. The number of ether oxygens (including phenoxy) is 1. The van der Waals surface area contributed by atoms with Crippen LogP contribution in [-0.4, -0.2) is 42.9 Å². The van der Waals surface area contributed by atoms with Crippen LogP contribution in [0.25, 0.3) is 0 Å². The first kappa shape index (κ1) is 19.1. The first-order valence-electron chi connectivity index (χ1n) is 6.29. The first-order valence-corrected chi connectivity index (χ1v) is 7.11. The van der Waals surface area contributed by atoms with Gasteiger partial charge in [-0.2, -0.15) is 13.2 Å². The number of methoxy groups -OCH3 is 1. The van der Waals surface area contributed by atoms with Crippen LogP contribution in [0.2, 0.25) is 0 Å². The molecule has 0 unspecified atom stereocenters. The third-order valence-corrected chi connectivity index (χ3v) is 4.23. The largest absolute Gasteiger partial charge is 0.445 e. The molecule has 2 heterocycles. The van der Waals surface area contributed by atoms with Gasteiger partial charge in [0, 0.05) is 7.11 Å². The molecule has 22 heavy (non-hydrogen) atoms. The van der Waals surface area contributed by atoms with E-state index >= 15 is 0 Å². The summed E-state index contributed by atoms with van der Waals surface area (Å²) in [6, 6.07) is 0. The van der Waals surface area contributed by atoms with Gasteiger partial charge in [-0.05, 0) is 25.9 Å². The number of amides is 1. The number of anilines is 1. The molecular formula is C11H16ClF3N4O2S. The minimum atomic E-state index is -4.56. The van der Waals surface area contributed by atoms with E-state index in [4.69, 9.17) is 4.74 Å². The Morgan fingerprint density at radius 2 is 2.05 bits per heavy atom. The average molecular weight is 361 g/mol. The lowest BCUT2D eigenvalue weighted by molar-refractivity contribution is -0.138. The Hall–Kier alpha value is -0.970. The second-order valence-corrected chi connectivity index (χ2v) is 5.81. The van der Waals surface area contributed by atoms with Crippen LogP contribution in [0.5, 0.6) is 0 Å². The zero-order valence-electron chi connectivity index (χ0n) is 11.7. The van der Waals surface area contributed by atoms with Crippen molar-refractivity contribution >= 4 is 34.8 Å². The molecule has 126 valence electrons. The van der Waals surface area contributed by atoms with Crippen LogP contribution >= 0.6 is 23.7 Å². The third-order valence-electron chi connectivity index (χ3n) is 3.35. The molecular weight excluding hydrogens is 345 g/mol. The highest BCUT2D eigenvalue weighted by atomic mass is 35.5. The van der Waals surface area contributed by atoms with Gasteiger partial charge in [0.15, 0.2) is 0 Å². The van der Waals surface area contributed by atoms with Gasteiger partial charge in [-0.3, -0.25) is 10.1 Å². The van der Waals surface area contributed by atoms with Crippen LogP contribution in [0.3, 0.4) is 0 Å². The smallest absolute Gasteiger partial charge is 0.384 e. The molecule has 1 amide bonds. The van der Waals surface area contributed by atoms with Gasteiger partial charge in [0.2, 0.25) is 16.0 Å². The summed E-state index contributed by atoms with van der Waals surface area (Å²) in [6.07, 6.45) is -3.45. The van der Waals surface area contributed by atoms with E-state index in [9.17, 15) is 18.0 Å². The maximum Gasteiger partial charge on any atom is 0.445 e. The van der Waals surface area contributed by atoms with Gasteiger partial charge in [-0.25, -0.2) is 0 Å². The van der Waals surface area contributed by atoms with Crippen LogP contribution in [0.1, 0.15) is 17.8 Å². The van der Waals surface area contributed by atoms with Crippen molar-refractivity contribution in [3.8, 4) is 0 Å². The summed E-state index contributed by atoms with van der Waals surface area (Å²) in [4.78, 5) is 12.4. The second kappa shape index (κ2) is 7.53. The molecule has 2 N–H and O–H groups in total. The van der Waals surface area contributed by atoms with Crippen molar-refractivity contribution in [2.75, 3.05) is 32.1 Å². The van der Waals surface area contributed by atoms with E-state index in [0.29, 0.717) is 37.3 Å². The van der Waals surface area contributed by atoms with Gasteiger partial charge in [0.1, 0.15) is 0 Å². The van der Waals surface area contributed by atoms with Crippen molar-refractivity contribution in [1.82, 2.24) is 15.5 Å². The number of carbonyl (C=O) groups is 1. The Balaban J connectivity index is 0.00000242. The predicted molar refractivity (Wildman–Crippen MR) is 77.2 cm³/mol. The molecule has 0 bridgehead atoms. The maximum atomic E-state index is 12.5. The second-order valence-electron chi connectivity index (χ2n) is 4.83. The van der Waals surface area contributed by atoms with Crippen molar-refractivity contribution in [3.05, 3.63) is 5.01 Å². The maximum absolute atomic E-state index is 12.5. The fourth-order valence-corrected chi connectivity index (χ4v) is 2.84. The summed E-state index contributed by atoms with van der Waals surface area (Å²) in [6.45, 7) is 1.52. The summed E-state index contributed by atoms with van der Waals surface area (Å²) in [7, 11) is 1.49. The van der Waals surface area contributed by atoms with Crippen molar-refractivity contribution in [2.45, 2.75) is 19.0 Å². The van der Waals surface area contributed by atoms with E-state index in [1.54, 1.807) is 0 Å². The van der Waals surface area contributed by atoms with Crippen LogP contribution < -0.4 is 10.6 Å². The number of rotatable bonds is 4. The number of alkyl halides is 3. The number of hydrogen-bond donors (Lipinski definition) is 2. The Morgan fingerprint density at radius 1 is 1.41 bits per heavy atom. The van der Waals surface area contributed by atoms with Gasteiger partial charge in [-0.1, -0.05) is 11.3 Å². The molecule has 6 nitrogen and oxygen atoms in total. The number of piperidine rings is 1. The number of carbonyl (C=O) groups excluding carboxylic acids is 1. The molecule has 1 aliphatic heterocycles. The van der Waals surface area contributed by atoms with Crippen molar-refractivity contribution < 1.29 is 22.7 Å². The lowest BCUT2D eigenvalue weighted by atomic mass is 9.79. The van der Waals surface area contributed by atoms with Crippen molar-refractivity contribution in [1.29, 1.82) is 0 Å². The fraction of sp³-hybridized carbons (Fsp3) is 0.727. The highest BCUT2D eigenvalue weighted by molar-refractivity contribution is 7.15. The molecule has 2 rings (SSSR count). The van der Waals surface area contributed by atoms with E-state index in [1.165, 1.54) is 7.11 Å². The number of halogens is 4. The van der Waals surface area contributed by atoms with E-state index in [1.807, 2.05) is 0 Å². The number of hydrogen-bond acceptors (Lipinski definition) is 6. The minimum absolute atomic E-state index is 0. The molecule has 1 aromatic heterocycles. The summed E-state index contributed by atoms with van der Waals surface area (Å²) < 4.78 is 42.5. The molecule has 1 aromatic rings. The van der Waals surface area contributed by atoms with Gasteiger partial charge >= 0.3 is 6.18 Å². The zero-order chi connectivity index (χ0) is 15.5. The molecule has 11 heteroatoms. The lowest BCUT2D eigenvalue weighted by Gasteiger charge is -2.35. The molecule has 0 aromatic carbocycles. The van der Waals surface area contributed by atoms with Gasteiger partial charge in [0.05, 0.1) is 12.0 Å². The summed E-state index contributed by atoms with van der Waals surface area (Å²) >= 11 is 0.313. The molecule has 1 aliphatic rings. The third kappa shape index (κ3) is 4.28. The standard InChI is InChI=1S/C11H15F3N4O2S.ClH/c1-20-6-10(2-4-15-5-3-10)7(19)16-9-18-17-8(21-9)11(12,13)14;/h15H,2-6H2,1H3,(H,16,18,19);1H. The topological polar surface area (TPSA) is 76.1 Å². The molecule has 0 aliphatic carbocycles. The lowest BCUT2D eigenvalue weighted by Crippen LogP contribution is -2.47. The first-order chi connectivity index (χ1) is 9.87. The number of nitrogens with zero attached hydrogens (tertiary/aromatic N) is 2. The highest BCUT2D eigenvalue weighted by Crippen LogP contribution is 2.35. The van der Waals surface area contributed by atoms with Crippen molar-refractivity contribution in [3.63, 3.8) is 0 Å². The molecule has 0 radical (unpaired) electrons. The molecule has 0 saturated carbocycles. The molecule has 0 spiro atoms. The molecule has 1 saturated heterocycles. The van der Waals surface area contributed by atoms with Gasteiger partial charge < -0.3 is 10.1 Å².